The maximum Gasteiger partial charge on any atom is 0.407 e. The Morgan fingerprint density at radius 1 is 1.32 bits per heavy atom. The first kappa shape index (κ1) is 18.1. The van der Waals surface area contributed by atoms with Crippen LogP contribution < -0.4 is 4.74 Å². The van der Waals surface area contributed by atoms with Crippen LogP contribution in [-0.2, 0) is 6.42 Å². The molecule has 0 bridgehead atoms. The SMILES string of the molecule is C=CCCCOc1ccc(CCN(C(=O)O)C(C)(C)C)cc1. The van der Waals surface area contributed by atoms with Gasteiger partial charge in [-0.25, -0.2) is 4.79 Å². The molecule has 0 fully saturated rings. The van der Waals surface area contributed by atoms with Crippen molar-refractivity contribution >= 4 is 6.09 Å². The molecule has 0 aliphatic rings. The van der Waals surface area contributed by atoms with E-state index in [1.54, 1.807) is 0 Å². The molecule has 0 heterocycles. The molecule has 1 amide bonds. The molecule has 1 N–H and O–H groups in total. The van der Waals surface area contributed by atoms with Crippen molar-refractivity contribution < 1.29 is 14.6 Å². The van der Waals surface area contributed by atoms with E-state index in [2.05, 4.69) is 6.58 Å². The third-order valence-electron chi connectivity index (χ3n) is 3.41. The number of unbranched alkanes of at least 4 members (excludes halogenated alkanes) is 1. The van der Waals surface area contributed by atoms with Gasteiger partial charge in [-0.05, 0) is 57.7 Å². The Labute approximate surface area is 133 Å². The largest absolute Gasteiger partial charge is 0.494 e. The summed E-state index contributed by atoms with van der Waals surface area (Å²) in [5.41, 5.74) is 0.717. The number of nitrogens with zero attached hydrogens (tertiary/aromatic N) is 1. The third kappa shape index (κ3) is 6.20. The number of hydrogen-bond donors (Lipinski definition) is 1. The van der Waals surface area contributed by atoms with Gasteiger partial charge in [0.25, 0.3) is 0 Å². The number of ether oxygens (including phenoxy) is 1. The molecule has 0 spiro atoms. The molecule has 0 radical (unpaired) electrons. The summed E-state index contributed by atoms with van der Waals surface area (Å²) in [5.74, 6) is 0.846. The Morgan fingerprint density at radius 2 is 1.95 bits per heavy atom. The van der Waals surface area contributed by atoms with Gasteiger partial charge in [-0.2, -0.15) is 0 Å². The number of carboxylic acid groups (broad SMARTS) is 1. The molecule has 0 aliphatic heterocycles. The molecule has 0 aromatic heterocycles. The lowest BCUT2D eigenvalue weighted by atomic mass is 10.1. The third-order valence-corrected chi connectivity index (χ3v) is 3.41. The van der Waals surface area contributed by atoms with E-state index in [0.29, 0.717) is 19.6 Å². The summed E-state index contributed by atoms with van der Waals surface area (Å²) in [5, 5.41) is 9.27. The average molecular weight is 305 g/mol. The Kier molecular flexibility index (Phi) is 6.96. The number of benzene rings is 1. The molecule has 4 nitrogen and oxygen atoms in total. The summed E-state index contributed by atoms with van der Waals surface area (Å²) < 4.78 is 5.63. The quantitative estimate of drug-likeness (QED) is 0.573. The summed E-state index contributed by atoms with van der Waals surface area (Å²) in [7, 11) is 0. The number of rotatable bonds is 8. The zero-order valence-electron chi connectivity index (χ0n) is 13.8. The van der Waals surface area contributed by atoms with E-state index in [0.717, 1.165) is 24.2 Å². The van der Waals surface area contributed by atoms with E-state index in [4.69, 9.17) is 4.74 Å². The van der Waals surface area contributed by atoms with E-state index in [9.17, 15) is 9.90 Å². The number of hydrogen-bond acceptors (Lipinski definition) is 2. The minimum absolute atomic E-state index is 0.389. The van der Waals surface area contributed by atoms with Gasteiger partial charge in [-0.3, -0.25) is 0 Å². The lowest BCUT2D eigenvalue weighted by Crippen LogP contribution is -2.45. The summed E-state index contributed by atoms with van der Waals surface area (Å²) in [6.07, 6.45) is 3.62. The number of carbonyl (C=O) groups is 1. The van der Waals surface area contributed by atoms with Gasteiger partial charge in [-0.1, -0.05) is 18.2 Å². The predicted octanol–water partition coefficient (Wildman–Crippen LogP) is 4.35. The molecule has 0 saturated heterocycles. The fraction of sp³-hybridized carbons (Fsp3) is 0.500. The van der Waals surface area contributed by atoms with Crippen molar-refractivity contribution in [2.45, 2.75) is 45.6 Å². The fourth-order valence-corrected chi connectivity index (χ4v) is 2.13. The highest BCUT2D eigenvalue weighted by Gasteiger charge is 2.25. The smallest absolute Gasteiger partial charge is 0.407 e. The maximum absolute atomic E-state index is 11.3. The Hall–Kier alpha value is -1.97. The molecule has 0 saturated carbocycles. The molecule has 4 heteroatoms. The van der Waals surface area contributed by atoms with E-state index >= 15 is 0 Å². The molecule has 122 valence electrons. The van der Waals surface area contributed by atoms with Gasteiger partial charge in [-0.15, -0.1) is 6.58 Å². The van der Waals surface area contributed by atoms with Crippen LogP contribution in [0.5, 0.6) is 5.75 Å². The summed E-state index contributed by atoms with van der Waals surface area (Å²) in [6.45, 7) is 10.6. The van der Waals surface area contributed by atoms with Gasteiger partial charge >= 0.3 is 6.09 Å². The Balaban J connectivity index is 2.50. The highest BCUT2D eigenvalue weighted by Crippen LogP contribution is 2.17. The van der Waals surface area contributed by atoms with Crippen molar-refractivity contribution in [1.29, 1.82) is 0 Å². The number of allylic oxidation sites excluding steroid dienone is 1. The normalized spacial score (nSPS) is 11.0. The van der Waals surface area contributed by atoms with Crippen LogP contribution in [0.4, 0.5) is 4.79 Å². The topological polar surface area (TPSA) is 49.8 Å². The minimum Gasteiger partial charge on any atom is -0.494 e. The van der Waals surface area contributed by atoms with E-state index in [-0.39, 0.29) is 5.54 Å². The first-order valence-electron chi connectivity index (χ1n) is 7.68. The predicted molar refractivity (Wildman–Crippen MR) is 89.6 cm³/mol. The van der Waals surface area contributed by atoms with E-state index in [1.165, 1.54) is 4.90 Å². The van der Waals surface area contributed by atoms with Crippen molar-refractivity contribution in [2.75, 3.05) is 13.2 Å². The van der Waals surface area contributed by atoms with Crippen LogP contribution in [0.15, 0.2) is 36.9 Å². The first-order valence-corrected chi connectivity index (χ1v) is 7.68. The second-order valence-electron chi connectivity index (χ2n) is 6.28. The standard InChI is InChI=1S/C18H27NO3/c1-5-6-7-14-22-16-10-8-15(9-11-16)12-13-19(17(20)21)18(2,3)4/h5,8-11H,1,6-7,12-14H2,2-4H3,(H,20,21). The maximum atomic E-state index is 11.3. The monoisotopic (exact) mass is 305 g/mol. The van der Waals surface area contributed by atoms with Crippen molar-refractivity contribution in [3.63, 3.8) is 0 Å². The van der Waals surface area contributed by atoms with Crippen LogP contribution in [0, 0.1) is 0 Å². The second-order valence-corrected chi connectivity index (χ2v) is 6.28. The summed E-state index contributed by atoms with van der Waals surface area (Å²) in [4.78, 5) is 12.8. The number of amides is 1. The van der Waals surface area contributed by atoms with E-state index < -0.39 is 6.09 Å². The van der Waals surface area contributed by atoms with Gasteiger partial charge in [0.2, 0.25) is 0 Å². The van der Waals surface area contributed by atoms with Gasteiger partial charge in [0.1, 0.15) is 5.75 Å². The highest BCUT2D eigenvalue weighted by atomic mass is 16.5. The molecular formula is C18H27NO3. The Bertz CT molecular complexity index is 474. The van der Waals surface area contributed by atoms with E-state index in [1.807, 2.05) is 51.1 Å². The summed E-state index contributed by atoms with van der Waals surface area (Å²) in [6, 6.07) is 7.86. The van der Waals surface area contributed by atoms with Gasteiger partial charge in [0, 0.05) is 12.1 Å². The molecule has 22 heavy (non-hydrogen) atoms. The molecule has 1 aromatic rings. The zero-order chi connectivity index (χ0) is 16.6. The molecule has 0 aliphatic carbocycles. The average Bonchev–Trinajstić information content (AvgIpc) is 2.43. The van der Waals surface area contributed by atoms with Crippen LogP contribution in [0.1, 0.15) is 39.2 Å². The molecule has 1 aromatic carbocycles. The van der Waals surface area contributed by atoms with Crippen LogP contribution in [0.2, 0.25) is 0 Å². The van der Waals surface area contributed by atoms with Gasteiger partial charge < -0.3 is 14.7 Å². The summed E-state index contributed by atoms with van der Waals surface area (Å²) >= 11 is 0. The van der Waals surface area contributed by atoms with Gasteiger partial charge in [0.15, 0.2) is 0 Å². The minimum atomic E-state index is -0.880. The molecule has 0 atom stereocenters. The Morgan fingerprint density at radius 3 is 2.45 bits per heavy atom. The van der Waals surface area contributed by atoms with Crippen molar-refractivity contribution in [3.8, 4) is 5.75 Å². The fourth-order valence-electron chi connectivity index (χ4n) is 2.13. The second kappa shape index (κ2) is 8.47. The van der Waals surface area contributed by atoms with Crippen LogP contribution in [-0.4, -0.2) is 34.8 Å². The van der Waals surface area contributed by atoms with Crippen molar-refractivity contribution in [1.82, 2.24) is 4.90 Å². The van der Waals surface area contributed by atoms with Crippen LogP contribution in [0.25, 0.3) is 0 Å². The zero-order valence-corrected chi connectivity index (χ0v) is 13.8. The van der Waals surface area contributed by atoms with Crippen LogP contribution in [0.3, 0.4) is 0 Å². The highest BCUT2D eigenvalue weighted by molar-refractivity contribution is 5.66. The molecule has 0 unspecified atom stereocenters. The first-order chi connectivity index (χ1) is 10.3. The molecule has 1 rings (SSSR count). The lowest BCUT2D eigenvalue weighted by molar-refractivity contribution is 0.101. The van der Waals surface area contributed by atoms with Crippen LogP contribution >= 0.6 is 0 Å². The van der Waals surface area contributed by atoms with Crippen molar-refractivity contribution in [3.05, 3.63) is 42.5 Å². The van der Waals surface area contributed by atoms with Crippen molar-refractivity contribution in [2.24, 2.45) is 0 Å². The van der Waals surface area contributed by atoms with Gasteiger partial charge in [0.05, 0.1) is 6.61 Å². The molecular weight excluding hydrogens is 278 g/mol. The lowest BCUT2D eigenvalue weighted by Gasteiger charge is -2.33.